The molecular weight excluding hydrogens is 396 g/mol. The number of benzene rings is 1. The predicted molar refractivity (Wildman–Crippen MR) is 120 cm³/mol. The van der Waals surface area contributed by atoms with Crippen LogP contribution in [0.3, 0.4) is 0 Å². The quantitative estimate of drug-likeness (QED) is 0.599. The van der Waals surface area contributed by atoms with Crippen molar-refractivity contribution < 1.29 is 9.57 Å². The molecule has 7 heteroatoms. The molecule has 1 fully saturated rings. The monoisotopic (exact) mass is 424 g/mol. The van der Waals surface area contributed by atoms with Crippen LogP contribution in [-0.4, -0.2) is 41.2 Å². The molecule has 1 atom stereocenters. The molecule has 5 rings (SSSR count). The van der Waals surface area contributed by atoms with Crippen molar-refractivity contribution in [2.24, 2.45) is 5.92 Å². The summed E-state index contributed by atoms with van der Waals surface area (Å²) in [6, 6.07) is 10.2. The first-order chi connectivity index (χ1) is 14.8. The molecule has 1 aliphatic carbocycles. The van der Waals surface area contributed by atoms with Gasteiger partial charge in [-0.05, 0) is 36.3 Å². The van der Waals surface area contributed by atoms with Gasteiger partial charge in [-0.2, -0.15) is 0 Å². The number of aryl methyl sites for hydroxylation is 1. The van der Waals surface area contributed by atoms with E-state index in [2.05, 4.69) is 29.4 Å². The Morgan fingerprint density at radius 3 is 2.87 bits per heavy atom. The third kappa shape index (κ3) is 4.34. The third-order valence-corrected chi connectivity index (χ3v) is 7.07. The van der Waals surface area contributed by atoms with Gasteiger partial charge in [0.15, 0.2) is 5.82 Å². The van der Waals surface area contributed by atoms with Crippen LogP contribution in [0.4, 0.5) is 5.82 Å². The van der Waals surface area contributed by atoms with Crippen molar-refractivity contribution in [3.05, 3.63) is 52.2 Å². The van der Waals surface area contributed by atoms with Crippen molar-refractivity contribution in [3.63, 3.8) is 0 Å². The first kappa shape index (κ1) is 19.9. The summed E-state index contributed by atoms with van der Waals surface area (Å²) in [7, 11) is 0. The van der Waals surface area contributed by atoms with Gasteiger partial charge in [0.05, 0.1) is 31.8 Å². The van der Waals surface area contributed by atoms with E-state index in [1.165, 1.54) is 16.9 Å². The van der Waals surface area contributed by atoms with Crippen LogP contribution in [0.5, 0.6) is 0 Å². The molecule has 3 heterocycles. The second kappa shape index (κ2) is 8.98. The SMILES string of the molecule is C[C@@H]1CCc2c(sc3nc(CN4CCOCC4)nc(NOCc4ccccc4)c23)C1. The average molecular weight is 425 g/mol. The first-order valence-electron chi connectivity index (χ1n) is 10.8. The van der Waals surface area contributed by atoms with E-state index in [0.717, 1.165) is 79.0 Å². The van der Waals surface area contributed by atoms with Crippen LogP contribution >= 0.6 is 11.3 Å². The number of anilines is 1. The molecule has 2 aliphatic rings. The van der Waals surface area contributed by atoms with Crippen molar-refractivity contribution in [2.45, 2.75) is 39.3 Å². The minimum atomic E-state index is 0.495. The predicted octanol–water partition coefficient (Wildman–Crippen LogP) is 4.19. The van der Waals surface area contributed by atoms with Crippen LogP contribution in [0.2, 0.25) is 0 Å². The molecule has 30 heavy (non-hydrogen) atoms. The number of hydrogen-bond donors (Lipinski definition) is 1. The summed E-state index contributed by atoms with van der Waals surface area (Å²) in [5.74, 6) is 2.39. The molecule has 1 aromatic carbocycles. The molecule has 3 aromatic rings. The van der Waals surface area contributed by atoms with Gasteiger partial charge in [0.1, 0.15) is 10.7 Å². The largest absolute Gasteiger partial charge is 0.379 e. The lowest BCUT2D eigenvalue weighted by Gasteiger charge is -2.25. The Balaban J connectivity index is 1.43. The van der Waals surface area contributed by atoms with E-state index in [-0.39, 0.29) is 0 Å². The Morgan fingerprint density at radius 1 is 1.20 bits per heavy atom. The van der Waals surface area contributed by atoms with Crippen LogP contribution in [0, 0.1) is 5.92 Å². The summed E-state index contributed by atoms with van der Waals surface area (Å²) in [4.78, 5) is 20.6. The maximum absolute atomic E-state index is 5.87. The molecule has 1 N–H and O–H groups in total. The van der Waals surface area contributed by atoms with Gasteiger partial charge < -0.3 is 4.74 Å². The Hall–Kier alpha value is -2.06. The third-order valence-electron chi connectivity index (χ3n) is 5.92. The molecule has 0 radical (unpaired) electrons. The molecule has 2 aromatic heterocycles. The summed E-state index contributed by atoms with van der Waals surface area (Å²) >= 11 is 1.83. The zero-order chi connectivity index (χ0) is 20.3. The van der Waals surface area contributed by atoms with Gasteiger partial charge in [0.2, 0.25) is 0 Å². The highest BCUT2D eigenvalue weighted by Crippen LogP contribution is 2.40. The topological polar surface area (TPSA) is 59.5 Å². The zero-order valence-corrected chi connectivity index (χ0v) is 18.2. The van der Waals surface area contributed by atoms with Crippen molar-refractivity contribution in [1.29, 1.82) is 0 Å². The Labute approximate surface area is 181 Å². The number of aromatic nitrogens is 2. The van der Waals surface area contributed by atoms with E-state index in [0.29, 0.717) is 6.61 Å². The minimum Gasteiger partial charge on any atom is -0.379 e. The smallest absolute Gasteiger partial charge is 0.162 e. The van der Waals surface area contributed by atoms with Crippen molar-refractivity contribution in [2.75, 3.05) is 31.8 Å². The summed E-state index contributed by atoms with van der Waals surface area (Å²) in [5, 5.41) is 1.15. The normalized spacial score (nSPS) is 19.7. The standard InChI is InChI=1S/C23H28N4O2S/c1-16-7-8-18-19(13-16)30-23-21(18)22(26-29-15-17-5-3-2-4-6-17)24-20(25-23)14-27-9-11-28-12-10-27/h2-6,16H,7-15H2,1H3,(H,24,25,26)/t16-/m1/s1. The van der Waals surface area contributed by atoms with Crippen molar-refractivity contribution in [1.82, 2.24) is 14.9 Å². The fourth-order valence-electron chi connectivity index (χ4n) is 4.25. The number of rotatable bonds is 6. The second-order valence-electron chi connectivity index (χ2n) is 8.29. The van der Waals surface area contributed by atoms with Gasteiger partial charge in [-0.15, -0.1) is 11.3 Å². The fraction of sp³-hybridized carbons (Fsp3) is 0.478. The van der Waals surface area contributed by atoms with E-state index >= 15 is 0 Å². The Morgan fingerprint density at radius 2 is 2.03 bits per heavy atom. The van der Waals surface area contributed by atoms with Crippen LogP contribution in [0.1, 0.15) is 35.2 Å². The average Bonchev–Trinajstić information content (AvgIpc) is 3.12. The Kier molecular flexibility index (Phi) is 5.95. The molecule has 0 saturated carbocycles. The molecule has 1 aliphatic heterocycles. The first-order valence-corrected chi connectivity index (χ1v) is 11.6. The van der Waals surface area contributed by atoms with Crippen LogP contribution in [0.25, 0.3) is 10.2 Å². The number of nitrogens with zero attached hydrogens (tertiary/aromatic N) is 3. The van der Waals surface area contributed by atoms with E-state index in [9.17, 15) is 0 Å². The molecule has 6 nitrogen and oxygen atoms in total. The molecular formula is C23H28N4O2S. The minimum absolute atomic E-state index is 0.495. The number of hydrogen-bond acceptors (Lipinski definition) is 7. The van der Waals surface area contributed by atoms with Crippen molar-refractivity contribution in [3.8, 4) is 0 Å². The fourth-order valence-corrected chi connectivity index (χ4v) is 5.65. The van der Waals surface area contributed by atoms with E-state index in [4.69, 9.17) is 19.5 Å². The molecule has 158 valence electrons. The van der Waals surface area contributed by atoms with Gasteiger partial charge in [-0.3, -0.25) is 9.74 Å². The highest BCUT2D eigenvalue weighted by molar-refractivity contribution is 7.19. The molecule has 0 unspecified atom stereocenters. The summed E-state index contributed by atoms with van der Waals surface area (Å²) in [5.41, 5.74) is 5.72. The second-order valence-corrected chi connectivity index (χ2v) is 9.37. The zero-order valence-electron chi connectivity index (χ0n) is 17.4. The van der Waals surface area contributed by atoms with Gasteiger partial charge in [-0.25, -0.2) is 15.4 Å². The lowest BCUT2D eigenvalue weighted by molar-refractivity contribution is 0.0331. The molecule has 0 amide bonds. The maximum Gasteiger partial charge on any atom is 0.162 e. The van der Waals surface area contributed by atoms with Gasteiger partial charge in [0, 0.05) is 18.0 Å². The highest BCUT2D eigenvalue weighted by Gasteiger charge is 2.24. The summed E-state index contributed by atoms with van der Waals surface area (Å²) in [6.45, 7) is 6.98. The summed E-state index contributed by atoms with van der Waals surface area (Å²) < 4.78 is 5.48. The van der Waals surface area contributed by atoms with Crippen LogP contribution in [-0.2, 0) is 35.6 Å². The molecule has 1 saturated heterocycles. The lowest BCUT2D eigenvalue weighted by atomic mass is 9.89. The number of ether oxygens (including phenoxy) is 1. The lowest BCUT2D eigenvalue weighted by Crippen LogP contribution is -2.36. The van der Waals surface area contributed by atoms with Gasteiger partial charge >= 0.3 is 0 Å². The Bertz CT molecular complexity index is 1000. The number of nitrogens with one attached hydrogen (secondary N) is 1. The highest BCUT2D eigenvalue weighted by atomic mass is 32.1. The maximum atomic E-state index is 5.87. The number of thiophene rings is 1. The summed E-state index contributed by atoms with van der Waals surface area (Å²) in [6.07, 6.45) is 3.45. The van der Waals surface area contributed by atoms with E-state index in [1.807, 2.05) is 29.5 Å². The molecule has 0 spiro atoms. The number of morpholine rings is 1. The van der Waals surface area contributed by atoms with E-state index in [1.54, 1.807) is 0 Å². The number of fused-ring (bicyclic) bond motifs is 3. The van der Waals surface area contributed by atoms with Gasteiger partial charge in [0.25, 0.3) is 0 Å². The van der Waals surface area contributed by atoms with Crippen molar-refractivity contribution >= 4 is 27.4 Å². The van der Waals surface area contributed by atoms with Gasteiger partial charge in [-0.1, -0.05) is 37.3 Å². The van der Waals surface area contributed by atoms with E-state index < -0.39 is 0 Å². The van der Waals surface area contributed by atoms with Crippen LogP contribution < -0.4 is 5.48 Å². The van der Waals surface area contributed by atoms with Crippen LogP contribution in [0.15, 0.2) is 30.3 Å². The molecule has 0 bridgehead atoms.